The van der Waals surface area contributed by atoms with Crippen LogP contribution in [0.1, 0.15) is 34.6 Å². The van der Waals surface area contributed by atoms with E-state index >= 15 is 0 Å². The zero-order valence-electron chi connectivity index (χ0n) is 24.2. The van der Waals surface area contributed by atoms with Crippen molar-refractivity contribution in [1.82, 2.24) is 25.0 Å². The van der Waals surface area contributed by atoms with Crippen molar-refractivity contribution in [2.45, 2.75) is 24.5 Å². The Bertz CT molecular complexity index is 1670. The molecule has 4 heterocycles. The highest BCUT2D eigenvalue weighted by molar-refractivity contribution is 7.11. The second-order valence-electron chi connectivity index (χ2n) is 10.9. The van der Waals surface area contributed by atoms with Gasteiger partial charge >= 0.3 is 18.0 Å². The van der Waals surface area contributed by atoms with Crippen LogP contribution in [0.3, 0.4) is 0 Å². The van der Waals surface area contributed by atoms with Gasteiger partial charge in [0.15, 0.2) is 10.8 Å². The van der Waals surface area contributed by atoms with Crippen LogP contribution in [-0.4, -0.2) is 94.5 Å². The molecule has 0 saturated carbocycles. The molecule has 6 rings (SSSR count). The molecule has 1 aromatic heterocycles. The summed E-state index contributed by atoms with van der Waals surface area (Å²) in [4.78, 5) is 53.4. The monoisotopic (exact) mass is 652 g/mol. The maximum atomic E-state index is 14.0. The van der Waals surface area contributed by atoms with Crippen molar-refractivity contribution in [1.29, 1.82) is 0 Å². The predicted octanol–water partition coefficient (Wildman–Crippen LogP) is 4.09. The Morgan fingerprint density at radius 3 is 2.69 bits per heavy atom. The van der Waals surface area contributed by atoms with E-state index in [1.54, 1.807) is 16.0 Å². The summed E-state index contributed by atoms with van der Waals surface area (Å²) in [7, 11) is 1.29. The molecule has 1 unspecified atom stereocenters. The number of esters is 1. The van der Waals surface area contributed by atoms with Crippen molar-refractivity contribution < 1.29 is 28.6 Å². The van der Waals surface area contributed by atoms with E-state index in [1.165, 1.54) is 36.6 Å². The SMILES string of the molecule is COC(=O)C1=C(CN2CCN3C(=O)N(C(CC(=O)O)c4ccccc4)C[C@@H]3C2)NC(c2nccs2)=N[C@H]1c1ccc(F)cc1Cl. The summed E-state index contributed by atoms with van der Waals surface area (Å²) in [6.45, 7) is 2.08. The number of hydrogen-bond acceptors (Lipinski definition) is 9. The van der Waals surface area contributed by atoms with Crippen LogP contribution in [0, 0.1) is 5.82 Å². The van der Waals surface area contributed by atoms with E-state index in [4.69, 9.17) is 21.3 Å². The first kappa shape index (κ1) is 30.7. The Balaban J connectivity index is 1.29. The molecule has 2 aromatic carbocycles. The van der Waals surface area contributed by atoms with Gasteiger partial charge in [0.25, 0.3) is 0 Å². The van der Waals surface area contributed by atoms with E-state index < -0.39 is 29.8 Å². The molecule has 14 heteroatoms. The van der Waals surface area contributed by atoms with Gasteiger partial charge in [-0.05, 0) is 17.7 Å². The first-order valence-electron chi connectivity index (χ1n) is 14.3. The number of piperazine rings is 1. The van der Waals surface area contributed by atoms with Gasteiger partial charge in [0.2, 0.25) is 0 Å². The number of rotatable bonds is 9. The number of hydrogen-bond donors (Lipinski definition) is 2. The maximum absolute atomic E-state index is 14.0. The highest BCUT2D eigenvalue weighted by Gasteiger charge is 2.44. The van der Waals surface area contributed by atoms with Crippen molar-refractivity contribution in [3.05, 3.63) is 98.4 Å². The summed E-state index contributed by atoms with van der Waals surface area (Å²) in [6.07, 6.45) is 1.45. The Labute approximate surface area is 267 Å². The van der Waals surface area contributed by atoms with Crippen LogP contribution in [0.15, 0.2) is 76.4 Å². The molecule has 0 radical (unpaired) electrons. The average molecular weight is 653 g/mol. The second-order valence-corrected chi connectivity index (χ2v) is 12.2. The molecular formula is C31H30ClFN6O5S. The molecule has 3 atom stereocenters. The average Bonchev–Trinajstić information content (AvgIpc) is 3.68. The molecule has 0 spiro atoms. The number of aromatic nitrogens is 1. The number of nitrogens with one attached hydrogen (secondary N) is 1. The van der Waals surface area contributed by atoms with Gasteiger partial charge in [-0.1, -0.05) is 48.0 Å². The number of aliphatic imine (C=N–C) groups is 1. The number of thiazole rings is 1. The number of halogens is 2. The molecule has 0 bridgehead atoms. The van der Waals surface area contributed by atoms with E-state index in [2.05, 4.69) is 15.2 Å². The van der Waals surface area contributed by atoms with Gasteiger partial charge in [0, 0.05) is 60.6 Å². The maximum Gasteiger partial charge on any atom is 0.338 e. The Hall–Kier alpha value is -4.33. The molecule has 2 amide bonds. The topological polar surface area (TPSA) is 128 Å². The van der Waals surface area contributed by atoms with Crippen molar-refractivity contribution in [2.75, 3.05) is 39.8 Å². The van der Waals surface area contributed by atoms with Gasteiger partial charge in [0.05, 0.1) is 31.2 Å². The van der Waals surface area contributed by atoms with Gasteiger partial charge < -0.3 is 25.0 Å². The molecule has 3 aliphatic rings. The summed E-state index contributed by atoms with van der Waals surface area (Å²) >= 11 is 7.84. The third-order valence-electron chi connectivity index (χ3n) is 8.20. The number of methoxy groups -OCH3 is 1. The number of nitrogens with zero attached hydrogens (tertiary/aromatic N) is 5. The van der Waals surface area contributed by atoms with Gasteiger partial charge in [0.1, 0.15) is 11.9 Å². The Morgan fingerprint density at radius 2 is 2.00 bits per heavy atom. The van der Waals surface area contributed by atoms with Crippen LogP contribution in [0.2, 0.25) is 5.02 Å². The first-order valence-corrected chi connectivity index (χ1v) is 15.6. The van der Waals surface area contributed by atoms with Crippen molar-refractivity contribution >= 4 is 46.7 Å². The Kier molecular flexibility index (Phi) is 8.83. The second kappa shape index (κ2) is 13.0. The van der Waals surface area contributed by atoms with Crippen LogP contribution in [0.4, 0.5) is 9.18 Å². The molecule has 0 aliphatic carbocycles. The number of amides is 2. The number of carbonyl (C=O) groups excluding carboxylic acids is 2. The first-order chi connectivity index (χ1) is 21.7. The highest BCUT2D eigenvalue weighted by atomic mass is 35.5. The van der Waals surface area contributed by atoms with Crippen LogP contribution < -0.4 is 5.32 Å². The number of urea groups is 1. The van der Waals surface area contributed by atoms with Crippen molar-refractivity contribution in [3.63, 3.8) is 0 Å². The zero-order valence-corrected chi connectivity index (χ0v) is 25.8. The van der Waals surface area contributed by atoms with Crippen molar-refractivity contribution in [3.8, 4) is 0 Å². The predicted molar refractivity (Wildman–Crippen MR) is 165 cm³/mol. The van der Waals surface area contributed by atoms with Crippen LogP contribution in [-0.2, 0) is 14.3 Å². The van der Waals surface area contributed by atoms with E-state index in [0.717, 1.165) is 5.56 Å². The largest absolute Gasteiger partial charge is 0.481 e. The van der Waals surface area contributed by atoms with Crippen LogP contribution >= 0.6 is 22.9 Å². The third-order valence-corrected chi connectivity index (χ3v) is 9.31. The molecule has 2 fully saturated rings. The number of amidine groups is 1. The smallest absolute Gasteiger partial charge is 0.338 e. The lowest BCUT2D eigenvalue weighted by molar-refractivity contribution is -0.138. The van der Waals surface area contributed by atoms with Crippen LogP contribution in [0.5, 0.6) is 0 Å². The lowest BCUT2D eigenvalue weighted by Crippen LogP contribution is -2.53. The fourth-order valence-corrected chi connectivity index (χ4v) is 7.00. The lowest BCUT2D eigenvalue weighted by atomic mass is 9.95. The summed E-state index contributed by atoms with van der Waals surface area (Å²) in [5.41, 5.74) is 1.99. The quantitative estimate of drug-likeness (QED) is 0.331. The summed E-state index contributed by atoms with van der Waals surface area (Å²) in [5, 5.41) is 15.5. The minimum absolute atomic E-state index is 0.123. The third kappa shape index (κ3) is 6.28. The standard InChI is InChI=1S/C31H30ClFN6O5S/c1-44-30(42)26-23(35-28(29-34-9-12-45-29)36-27(26)21-8-7-19(33)13-22(21)32)17-37-10-11-38-20(15-37)16-39(31(38)43)24(14-25(40)41)18-5-3-2-4-6-18/h2-9,12-13,20,24,27H,10-11,14-17H2,1H3,(H,35,36)(H,40,41)/t20-,24?,27-/m0/s1. The molecule has 3 aromatic rings. The molecule has 2 saturated heterocycles. The minimum atomic E-state index is -0.984. The molecule has 45 heavy (non-hydrogen) atoms. The molecular weight excluding hydrogens is 623 g/mol. The number of ether oxygens (including phenoxy) is 1. The fraction of sp³-hybridized carbons (Fsp3) is 0.323. The summed E-state index contributed by atoms with van der Waals surface area (Å²) in [5.74, 6) is -1.66. The van der Waals surface area contributed by atoms with Gasteiger partial charge in [-0.3, -0.25) is 14.7 Å². The number of fused-ring (bicyclic) bond motifs is 1. The zero-order chi connectivity index (χ0) is 31.7. The lowest BCUT2D eigenvalue weighted by Gasteiger charge is -2.38. The van der Waals surface area contributed by atoms with Crippen molar-refractivity contribution in [2.24, 2.45) is 4.99 Å². The van der Waals surface area contributed by atoms with Gasteiger partial charge in [-0.15, -0.1) is 11.3 Å². The van der Waals surface area contributed by atoms with E-state index in [0.29, 0.717) is 54.8 Å². The molecule has 234 valence electrons. The minimum Gasteiger partial charge on any atom is -0.481 e. The number of carboxylic acid groups (broad SMARTS) is 1. The fourth-order valence-electron chi connectivity index (χ4n) is 6.14. The number of aliphatic carboxylic acids is 1. The van der Waals surface area contributed by atoms with Gasteiger partial charge in [-0.25, -0.2) is 19.0 Å². The van der Waals surface area contributed by atoms with E-state index in [-0.39, 0.29) is 29.1 Å². The van der Waals surface area contributed by atoms with E-state index in [1.807, 2.05) is 35.7 Å². The highest BCUT2D eigenvalue weighted by Crippen LogP contribution is 2.37. The molecule has 2 N–H and O–H groups in total. The Morgan fingerprint density at radius 1 is 1.20 bits per heavy atom. The molecule has 3 aliphatic heterocycles. The summed E-state index contributed by atoms with van der Waals surface area (Å²) < 4.78 is 19.2. The van der Waals surface area contributed by atoms with Crippen LogP contribution in [0.25, 0.3) is 0 Å². The van der Waals surface area contributed by atoms with Gasteiger partial charge in [-0.2, -0.15) is 0 Å². The number of carboxylic acids is 1. The molecule has 11 nitrogen and oxygen atoms in total. The normalized spacial score (nSPS) is 20.9. The number of carbonyl (C=O) groups is 3. The van der Waals surface area contributed by atoms with E-state index in [9.17, 15) is 23.9 Å². The number of benzene rings is 2. The summed E-state index contributed by atoms with van der Waals surface area (Å²) in [6, 6.07) is 11.3.